The van der Waals surface area contributed by atoms with E-state index in [4.69, 9.17) is 0 Å². The summed E-state index contributed by atoms with van der Waals surface area (Å²) in [6.07, 6.45) is 10.8. The zero-order valence-electron chi connectivity index (χ0n) is 12.6. The highest BCUT2D eigenvalue weighted by Crippen LogP contribution is 2.21. The van der Waals surface area contributed by atoms with E-state index in [2.05, 4.69) is 43.4 Å². The molecule has 1 heteroatoms. The molecule has 1 aromatic rings. The van der Waals surface area contributed by atoms with E-state index in [-0.39, 0.29) is 0 Å². The molecular weight excluding hydrogens is 230 g/mol. The first-order chi connectivity index (χ1) is 9.29. The Morgan fingerprint density at radius 3 is 2.42 bits per heavy atom. The van der Waals surface area contributed by atoms with Crippen molar-refractivity contribution in [1.29, 1.82) is 0 Å². The Morgan fingerprint density at radius 2 is 1.79 bits per heavy atom. The molecule has 0 radical (unpaired) electrons. The van der Waals surface area contributed by atoms with Crippen molar-refractivity contribution in [2.45, 2.75) is 77.3 Å². The predicted molar refractivity (Wildman–Crippen MR) is 83.5 cm³/mol. The first-order valence-corrected chi connectivity index (χ1v) is 8.14. The summed E-state index contributed by atoms with van der Waals surface area (Å²) in [5.74, 6) is 0. The molecule has 1 fully saturated rings. The maximum absolute atomic E-state index is 3.80. The van der Waals surface area contributed by atoms with Crippen molar-refractivity contribution >= 4 is 0 Å². The molecule has 0 spiro atoms. The van der Waals surface area contributed by atoms with E-state index in [1.165, 1.54) is 62.5 Å². The number of aryl methyl sites for hydroxylation is 1. The van der Waals surface area contributed by atoms with Gasteiger partial charge in [0.1, 0.15) is 0 Å². The van der Waals surface area contributed by atoms with Gasteiger partial charge in [-0.25, -0.2) is 0 Å². The Balaban J connectivity index is 1.85. The lowest BCUT2D eigenvalue weighted by Crippen LogP contribution is -2.33. The SMILES string of the molecule is CCCCc1ccc(C(C)NC2CCCCC2)cc1. The molecular formula is C18H29N. The van der Waals surface area contributed by atoms with Gasteiger partial charge < -0.3 is 5.32 Å². The summed E-state index contributed by atoms with van der Waals surface area (Å²) >= 11 is 0. The number of unbranched alkanes of at least 4 members (excludes halogenated alkanes) is 1. The van der Waals surface area contributed by atoms with E-state index in [9.17, 15) is 0 Å². The van der Waals surface area contributed by atoms with Crippen molar-refractivity contribution in [3.8, 4) is 0 Å². The summed E-state index contributed by atoms with van der Waals surface area (Å²) in [5, 5.41) is 3.80. The van der Waals surface area contributed by atoms with Crippen LogP contribution >= 0.6 is 0 Å². The van der Waals surface area contributed by atoms with Crippen LogP contribution in [0.3, 0.4) is 0 Å². The van der Waals surface area contributed by atoms with Crippen LogP contribution in [0.25, 0.3) is 0 Å². The molecule has 0 saturated heterocycles. The van der Waals surface area contributed by atoms with Crippen LogP contribution in [-0.2, 0) is 6.42 Å². The molecule has 1 saturated carbocycles. The van der Waals surface area contributed by atoms with Crippen molar-refractivity contribution in [2.75, 3.05) is 0 Å². The van der Waals surface area contributed by atoms with Crippen LogP contribution in [0, 0.1) is 0 Å². The zero-order valence-corrected chi connectivity index (χ0v) is 12.6. The smallest absolute Gasteiger partial charge is 0.0294 e. The third-order valence-electron chi connectivity index (χ3n) is 4.39. The van der Waals surface area contributed by atoms with E-state index in [1.54, 1.807) is 0 Å². The third-order valence-corrected chi connectivity index (χ3v) is 4.39. The fourth-order valence-electron chi connectivity index (χ4n) is 3.07. The van der Waals surface area contributed by atoms with Gasteiger partial charge in [0, 0.05) is 12.1 Å². The highest BCUT2D eigenvalue weighted by atomic mass is 14.9. The zero-order chi connectivity index (χ0) is 13.5. The van der Waals surface area contributed by atoms with Crippen LogP contribution in [-0.4, -0.2) is 6.04 Å². The van der Waals surface area contributed by atoms with Crippen molar-refractivity contribution in [3.05, 3.63) is 35.4 Å². The van der Waals surface area contributed by atoms with Gasteiger partial charge in [-0.2, -0.15) is 0 Å². The van der Waals surface area contributed by atoms with Crippen LogP contribution < -0.4 is 5.32 Å². The van der Waals surface area contributed by atoms with Gasteiger partial charge in [-0.05, 0) is 43.7 Å². The van der Waals surface area contributed by atoms with Crippen molar-refractivity contribution in [3.63, 3.8) is 0 Å². The fraction of sp³-hybridized carbons (Fsp3) is 0.667. The molecule has 0 amide bonds. The first-order valence-electron chi connectivity index (χ1n) is 8.14. The van der Waals surface area contributed by atoms with Gasteiger partial charge >= 0.3 is 0 Å². The average molecular weight is 259 g/mol. The van der Waals surface area contributed by atoms with Crippen molar-refractivity contribution < 1.29 is 0 Å². The Hall–Kier alpha value is -0.820. The average Bonchev–Trinajstić information content (AvgIpc) is 2.46. The van der Waals surface area contributed by atoms with E-state index in [1.807, 2.05) is 0 Å². The monoisotopic (exact) mass is 259 g/mol. The lowest BCUT2D eigenvalue weighted by molar-refractivity contribution is 0.347. The topological polar surface area (TPSA) is 12.0 Å². The molecule has 106 valence electrons. The Labute approximate surface area is 118 Å². The maximum Gasteiger partial charge on any atom is 0.0294 e. The summed E-state index contributed by atoms with van der Waals surface area (Å²) in [5.41, 5.74) is 2.92. The van der Waals surface area contributed by atoms with Gasteiger partial charge in [0.05, 0.1) is 0 Å². The summed E-state index contributed by atoms with van der Waals surface area (Å²) < 4.78 is 0. The molecule has 0 bridgehead atoms. The number of hydrogen-bond acceptors (Lipinski definition) is 1. The van der Waals surface area contributed by atoms with Crippen molar-refractivity contribution in [2.24, 2.45) is 0 Å². The first kappa shape index (κ1) is 14.6. The predicted octanol–water partition coefficient (Wildman–Crippen LogP) is 5.01. The van der Waals surface area contributed by atoms with E-state index in [0.29, 0.717) is 6.04 Å². The van der Waals surface area contributed by atoms with Gasteiger partial charge in [0.25, 0.3) is 0 Å². The molecule has 1 atom stereocenters. The van der Waals surface area contributed by atoms with Gasteiger partial charge in [0.2, 0.25) is 0 Å². The molecule has 1 nitrogen and oxygen atoms in total. The van der Waals surface area contributed by atoms with Gasteiger partial charge in [-0.15, -0.1) is 0 Å². The van der Waals surface area contributed by atoms with E-state index < -0.39 is 0 Å². The van der Waals surface area contributed by atoms with Crippen LogP contribution in [0.2, 0.25) is 0 Å². The second-order valence-electron chi connectivity index (χ2n) is 6.07. The minimum absolute atomic E-state index is 0.489. The molecule has 1 unspecified atom stereocenters. The highest BCUT2D eigenvalue weighted by molar-refractivity contribution is 5.25. The molecule has 19 heavy (non-hydrogen) atoms. The highest BCUT2D eigenvalue weighted by Gasteiger charge is 2.16. The van der Waals surface area contributed by atoms with E-state index >= 15 is 0 Å². The molecule has 1 aromatic carbocycles. The summed E-state index contributed by atoms with van der Waals surface area (Å²) in [4.78, 5) is 0. The second-order valence-corrected chi connectivity index (χ2v) is 6.07. The van der Waals surface area contributed by atoms with Crippen LogP contribution in [0.15, 0.2) is 24.3 Å². The summed E-state index contributed by atoms with van der Waals surface area (Å²) in [7, 11) is 0. The maximum atomic E-state index is 3.80. The van der Waals surface area contributed by atoms with E-state index in [0.717, 1.165) is 6.04 Å². The largest absolute Gasteiger partial charge is 0.307 e. The van der Waals surface area contributed by atoms with Gasteiger partial charge in [-0.1, -0.05) is 56.9 Å². The van der Waals surface area contributed by atoms with Crippen molar-refractivity contribution in [1.82, 2.24) is 5.32 Å². The van der Waals surface area contributed by atoms with Crippen LogP contribution in [0.4, 0.5) is 0 Å². The minimum Gasteiger partial charge on any atom is -0.307 e. The van der Waals surface area contributed by atoms with Gasteiger partial charge in [0.15, 0.2) is 0 Å². The number of hydrogen-bond donors (Lipinski definition) is 1. The van der Waals surface area contributed by atoms with Crippen LogP contribution in [0.5, 0.6) is 0 Å². The minimum atomic E-state index is 0.489. The number of rotatable bonds is 6. The molecule has 1 aliphatic rings. The number of nitrogens with one attached hydrogen (secondary N) is 1. The lowest BCUT2D eigenvalue weighted by Gasteiger charge is -2.27. The molecule has 0 aromatic heterocycles. The molecule has 1 aliphatic carbocycles. The van der Waals surface area contributed by atoms with Gasteiger partial charge in [-0.3, -0.25) is 0 Å². The molecule has 1 N–H and O–H groups in total. The third kappa shape index (κ3) is 4.65. The Kier molecular flexibility index (Phi) is 5.91. The normalized spacial score (nSPS) is 18.4. The second kappa shape index (κ2) is 7.69. The number of benzene rings is 1. The summed E-state index contributed by atoms with van der Waals surface area (Å²) in [6.45, 7) is 4.56. The fourth-order valence-corrected chi connectivity index (χ4v) is 3.07. The Morgan fingerprint density at radius 1 is 1.11 bits per heavy atom. The molecule has 0 aliphatic heterocycles. The molecule has 0 heterocycles. The molecule has 2 rings (SSSR count). The lowest BCUT2D eigenvalue weighted by atomic mass is 9.94. The van der Waals surface area contributed by atoms with Crippen LogP contribution in [0.1, 0.15) is 76.0 Å². The quantitative estimate of drug-likeness (QED) is 0.757. The summed E-state index contributed by atoms with van der Waals surface area (Å²) in [6, 6.07) is 10.5. The Bertz CT molecular complexity index is 348. The standard InChI is InChI=1S/C18H29N/c1-3-4-8-16-11-13-17(14-12-16)15(2)19-18-9-6-5-7-10-18/h11-15,18-19H,3-10H2,1-2H3.